The fourth-order valence-corrected chi connectivity index (χ4v) is 2.62. The summed E-state index contributed by atoms with van der Waals surface area (Å²) in [5.41, 5.74) is 1.02. The average Bonchev–Trinajstić information content (AvgIpc) is 2.81. The molecule has 0 spiro atoms. The van der Waals surface area contributed by atoms with Gasteiger partial charge in [-0.25, -0.2) is 4.79 Å². The minimum Gasteiger partial charge on any atom is -0.490 e. The van der Waals surface area contributed by atoms with Crippen molar-refractivity contribution >= 4 is 23.3 Å². The molecular formula is C23H20N2O7. The van der Waals surface area contributed by atoms with Crippen molar-refractivity contribution in [2.24, 2.45) is 0 Å². The Bertz CT molecular complexity index is 1070. The predicted octanol–water partition coefficient (Wildman–Crippen LogP) is 3.85. The number of nitrogens with one attached hydrogen (secondary N) is 1. The Morgan fingerprint density at radius 1 is 0.844 bits per heavy atom. The number of amides is 1. The van der Waals surface area contributed by atoms with Crippen LogP contribution in [-0.4, -0.2) is 36.6 Å². The van der Waals surface area contributed by atoms with E-state index < -0.39 is 10.9 Å². The van der Waals surface area contributed by atoms with Crippen LogP contribution < -0.4 is 14.8 Å². The van der Waals surface area contributed by atoms with E-state index in [4.69, 9.17) is 14.2 Å². The van der Waals surface area contributed by atoms with E-state index in [-0.39, 0.29) is 31.4 Å². The Hall–Kier alpha value is -4.40. The number of non-ortho nitro benzene ring substituents is 1. The zero-order valence-electron chi connectivity index (χ0n) is 16.9. The van der Waals surface area contributed by atoms with Crippen LogP contribution in [-0.2, 0) is 9.53 Å². The van der Waals surface area contributed by atoms with Crippen LogP contribution in [0.5, 0.6) is 11.5 Å². The minimum absolute atomic E-state index is 0.00759. The molecule has 0 unspecified atom stereocenters. The highest BCUT2D eigenvalue weighted by molar-refractivity contribution is 6.04. The molecule has 1 N–H and O–H groups in total. The van der Waals surface area contributed by atoms with Crippen LogP contribution >= 0.6 is 0 Å². The summed E-state index contributed by atoms with van der Waals surface area (Å²) in [7, 11) is 0. The SMILES string of the molecule is O=C(COc1cccc(NC(=O)c2ccccc2)c1)OCCOc1ccc([N+](=O)[O-])cc1. The number of rotatable bonds is 10. The van der Waals surface area contributed by atoms with Crippen LogP contribution in [0.15, 0.2) is 78.9 Å². The maximum absolute atomic E-state index is 12.2. The summed E-state index contributed by atoms with van der Waals surface area (Å²) >= 11 is 0. The highest BCUT2D eigenvalue weighted by atomic mass is 16.6. The average molecular weight is 436 g/mol. The smallest absolute Gasteiger partial charge is 0.344 e. The van der Waals surface area contributed by atoms with E-state index in [1.165, 1.54) is 24.3 Å². The third kappa shape index (κ3) is 6.84. The Kier molecular flexibility index (Phi) is 7.74. The van der Waals surface area contributed by atoms with Gasteiger partial charge in [-0.15, -0.1) is 0 Å². The van der Waals surface area contributed by atoms with E-state index in [0.29, 0.717) is 22.7 Å². The zero-order chi connectivity index (χ0) is 22.8. The van der Waals surface area contributed by atoms with Crippen molar-refractivity contribution in [1.29, 1.82) is 0 Å². The molecule has 3 aromatic carbocycles. The van der Waals surface area contributed by atoms with Gasteiger partial charge in [0.15, 0.2) is 6.61 Å². The normalized spacial score (nSPS) is 10.1. The number of anilines is 1. The van der Waals surface area contributed by atoms with Gasteiger partial charge in [0, 0.05) is 29.4 Å². The summed E-state index contributed by atoms with van der Waals surface area (Å²) in [5.74, 6) is -0.0154. The minimum atomic E-state index is -0.587. The number of hydrogen-bond acceptors (Lipinski definition) is 7. The summed E-state index contributed by atoms with van der Waals surface area (Å²) in [6, 6.07) is 21.0. The molecule has 0 aliphatic rings. The molecule has 0 radical (unpaired) electrons. The highest BCUT2D eigenvalue weighted by Gasteiger charge is 2.08. The number of esters is 1. The van der Waals surface area contributed by atoms with Crippen molar-refractivity contribution in [3.8, 4) is 11.5 Å². The van der Waals surface area contributed by atoms with Gasteiger partial charge >= 0.3 is 5.97 Å². The van der Waals surface area contributed by atoms with Gasteiger partial charge in [-0.2, -0.15) is 0 Å². The second-order valence-corrected chi connectivity index (χ2v) is 6.46. The van der Waals surface area contributed by atoms with Crippen molar-refractivity contribution in [1.82, 2.24) is 0 Å². The second kappa shape index (κ2) is 11.1. The molecule has 9 nitrogen and oxygen atoms in total. The molecule has 3 aromatic rings. The number of hydrogen-bond donors (Lipinski definition) is 1. The van der Waals surface area contributed by atoms with Crippen molar-refractivity contribution in [3.63, 3.8) is 0 Å². The molecule has 0 aliphatic carbocycles. The lowest BCUT2D eigenvalue weighted by atomic mass is 10.2. The number of benzene rings is 3. The molecule has 32 heavy (non-hydrogen) atoms. The van der Waals surface area contributed by atoms with Gasteiger partial charge in [0.2, 0.25) is 0 Å². The molecule has 0 aliphatic heterocycles. The van der Waals surface area contributed by atoms with Crippen LogP contribution in [0.2, 0.25) is 0 Å². The first-order valence-electron chi connectivity index (χ1n) is 9.63. The molecule has 0 bridgehead atoms. The molecule has 0 atom stereocenters. The maximum Gasteiger partial charge on any atom is 0.344 e. The first kappa shape index (κ1) is 22.3. The number of nitro groups is 1. The monoisotopic (exact) mass is 436 g/mol. The fraction of sp³-hybridized carbons (Fsp3) is 0.130. The van der Waals surface area contributed by atoms with Crippen LogP contribution in [0.1, 0.15) is 10.4 Å². The van der Waals surface area contributed by atoms with Crippen LogP contribution in [0.4, 0.5) is 11.4 Å². The molecule has 164 valence electrons. The first-order chi connectivity index (χ1) is 15.5. The molecule has 0 aromatic heterocycles. The maximum atomic E-state index is 12.2. The summed E-state index contributed by atoms with van der Waals surface area (Å²) in [6.07, 6.45) is 0. The number of carbonyl (C=O) groups is 2. The van der Waals surface area contributed by atoms with Gasteiger partial charge in [-0.1, -0.05) is 24.3 Å². The molecule has 0 saturated heterocycles. The topological polar surface area (TPSA) is 117 Å². The van der Waals surface area contributed by atoms with E-state index in [1.807, 2.05) is 6.07 Å². The Morgan fingerprint density at radius 2 is 1.59 bits per heavy atom. The lowest BCUT2D eigenvalue weighted by Gasteiger charge is -2.10. The Balaban J connectivity index is 1.38. The molecule has 0 saturated carbocycles. The van der Waals surface area contributed by atoms with Crippen molar-refractivity contribution in [2.45, 2.75) is 0 Å². The van der Waals surface area contributed by atoms with E-state index in [9.17, 15) is 19.7 Å². The van der Waals surface area contributed by atoms with Gasteiger partial charge < -0.3 is 19.5 Å². The van der Waals surface area contributed by atoms with E-state index in [2.05, 4.69) is 5.32 Å². The number of nitrogens with zero attached hydrogens (tertiary/aromatic N) is 1. The third-order valence-corrected chi connectivity index (χ3v) is 4.15. The van der Waals surface area contributed by atoms with Gasteiger partial charge in [0.05, 0.1) is 4.92 Å². The second-order valence-electron chi connectivity index (χ2n) is 6.46. The molecule has 1 amide bonds. The summed E-state index contributed by atoms with van der Waals surface area (Å²) in [4.78, 5) is 34.2. The molecular weight excluding hydrogens is 416 g/mol. The Labute approximate surface area is 183 Å². The van der Waals surface area contributed by atoms with E-state index in [1.54, 1.807) is 48.5 Å². The first-order valence-corrected chi connectivity index (χ1v) is 9.63. The summed E-state index contributed by atoms with van der Waals surface area (Å²) < 4.78 is 15.8. The molecule has 9 heteroatoms. The van der Waals surface area contributed by atoms with Gasteiger partial charge in [-0.3, -0.25) is 14.9 Å². The fourth-order valence-electron chi connectivity index (χ4n) is 2.62. The summed E-state index contributed by atoms with van der Waals surface area (Å²) in [6.45, 7) is -0.232. The molecule has 3 rings (SSSR count). The Morgan fingerprint density at radius 3 is 2.31 bits per heavy atom. The molecule has 0 fully saturated rings. The van der Waals surface area contributed by atoms with Gasteiger partial charge in [0.25, 0.3) is 11.6 Å². The van der Waals surface area contributed by atoms with Crippen molar-refractivity contribution < 1.29 is 28.7 Å². The van der Waals surface area contributed by atoms with Gasteiger partial charge in [0.1, 0.15) is 24.7 Å². The lowest BCUT2D eigenvalue weighted by Crippen LogP contribution is -2.18. The van der Waals surface area contributed by atoms with E-state index >= 15 is 0 Å². The van der Waals surface area contributed by atoms with Gasteiger partial charge in [-0.05, 0) is 36.4 Å². The number of carbonyl (C=O) groups excluding carboxylic acids is 2. The third-order valence-electron chi connectivity index (χ3n) is 4.15. The van der Waals surface area contributed by atoms with Crippen LogP contribution in [0.3, 0.4) is 0 Å². The lowest BCUT2D eigenvalue weighted by molar-refractivity contribution is -0.384. The highest BCUT2D eigenvalue weighted by Crippen LogP contribution is 2.19. The van der Waals surface area contributed by atoms with Crippen LogP contribution in [0.25, 0.3) is 0 Å². The predicted molar refractivity (Wildman–Crippen MR) is 116 cm³/mol. The summed E-state index contributed by atoms with van der Waals surface area (Å²) in [5, 5.41) is 13.4. The van der Waals surface area contributed by atoms with Crippen molar-refractivity contribution in [2.75, 3.05) is 25.1 Å². The largest absolute Gasteiger partial charge is 0.490 e. The zero-order valence-corrected chi connectivity index (χ0v) is 16.9. The standard InChI is InChI=1S/C23H20N2O7/c26-22(31-14-13-30-20-11-9-19(10-12-20)25(28)29)16-32-21-8-4-7-18(15-21)24-23(27)17-5-2-1-3-6-17/h1-12,15H,13-14,16H2,(H,24,27). The number of ether oxygens (including phenoxy) is 3. The van der Waals surface area contributed by atoms with Crippen molar-refractivity contribution in [3.05, 3.63) is 94.5 Å². The van der Waals surface area contributed by atoms with Crippen LogP contribution in [0, 0.1) is 10.1 Å². The molecule has 0 heterocycles. The van der Waals surface area contributed by atoms with E-state index in [0.717, 1.165) is 0 Å². The number of nitro benzene ring substituents is 1. The quantitative estimate of drug-likeness (QED) is 0.222.